The zero-order chi connectivity index (χ0) is 16.4. The van der Waals surface area contributed by atoms with Crippen molar-refractivity contribution in [2.45, 2.75) is 31.2 Å². The number of amides is 1. The Morgan fingerprint density at radius 3 is 3.08 bits per heavy atom. The van der Waals surface area contributed by atoms with Crippen molar-refractivity contribution in [3.63, 3.8) is 0 Å². The van der Waals surface area contributed by atoms with Crippen LogP contribution in [0.15, 0.2) is 41.5 Å². The van der Waals surface area contributed by atoms with E-state index in [1.165, 1.54) is 12.5 Å². The average Bonchev–Trinajstić information content (AvgIpc) is 3.36. The van der Waals surface area contributed by atoms with Crippen LogP contribution in [0.5, 0.6) is 0 Å². The molecule has 7 heteroatoms. The fraction of sp³-hybridized carbons (Fsp3) is 0.471. The minimum atomic E-state index is -0.282. The summed E-state index contributed by atoms with van der Waals surface area (Å²) in [6, 6.07) is 3.89. The Balaban J connectivity index is 1.32. The van der Waals surface area contributed by atoms with Crippen LogP contribution in [0.3, 0.4) is 0 Å². The van der Waals surface area contributed by atoms with Gasteiger partial charge in [-0.05, 0) is 24.1 Å². The Kier molecular flexibility index (Phi) is 4.03. The lowest BCUT2D eigenvalue weighted by molar-refractivity contribution is 0.000267. The van der Waals surface area contributed by atoms with Crippen LogP contribution < -0.4 is 0 Å². The summed E-state index contributed by atoms with van der Waals surface area (Å²) in [4.78, 5) is 18.2. The quantitative estimate of drug-likeness (QED) is 0.849. The molecule has 2 aromatic heterocycles. The van der Waals surface area contributed by atoms with Crippen LogP contribution in [0.2, 0.25) is 0 Å². The van der Waals surface area contributed by atoms with Gasteiger partial charge in [-0.15, -0.1) is 0 Å². The van der Waals surface area contributed by atoms with Crippen molar-refractivity contribution in [2.24, 2.45) is 0 Å². The second-order valence-electron chi connectivity index (χ2n) is 6.38. The highest BCUT2D eigenvalue weighted by Crippen LogP contribution is 2.36. The molecule has 4 heterocycles. The Hall–Kier alpha value is -2.25. The standard InChI is InChI=1S/C17H19N3O4/c21-16(14-8-19-24-10-14)20-6-3-17(12-20)7-15(11-23-17)22-9-13-1-4-18-5-2-13/h1-2,4-5,8,10,15H,3,6-7,9,11-12H2/t15-,17-/m0/s1. The number of rotatable bonds is 4. The summed E-state index contributed by atoms with van der Waals surface area (Å²) in [6.45, 7) is 2.39. The first kappa shape index (κ1) is 15.3. The average molecular weight is 329 g/mol. The Morgan fingerprint density at radius 1 is 1.42 bits per heavy atom. The van der Waals surface area contributed by atoms with E-state index in [1.807, 2.05) is 12.1 Å². The predicted octanol–water partition coefficient (Wildman–Crippen LogP) is 1.66. The summed E-state index contributed by atoms with van der Waals surface area (Å²) in [5, 5.41) is 3.59. The van der Waals surface area contributed by atoms with Gasteiger partial charge in [0.25, 0.3) is 5.91 Å². The molecule has 2 aliphatic heterocycles. The summed E-state index contributed by atoms with van der Waals surface area (Å²) in [5.74, 6) is -0.0575. The smallest absolute Gasteiger partial charge is 0.258 e. The molecular formula is C17H19N3O4. The first-order valence-electron chi connectivity index (χ1n) is 8.07. The van der Waals surface area contributed by atoms with Crippen molar-refractivity contribution >= 4 is 5.91 Å². The largest absolute Gasteiger partial charge is 0.371 e. The summed E-state index contributed by atoms with van der Waals surface area (Å²) in [6.07, 6.45) is 8.05. The van der Waals surface area contributed by atoms with Crippen molar-refractivity contribution in [2.75, 3.05) is 19.7 Å². The number of carbonyl (C=O) groups excluding carboxylic acids is 1. The maximum Gasteiger partial charge on any atom is 0.258 e. The number of pyridine rings is 1. The van der Waals surface area contributed by atoms with E-state index >= 15 is 0 Å². The monoisotopic (exact) mass is 329 g/mol. The van der Waals surface area contributed by atoms with Crippen LogP contribution >= 0.6 is 0 Å². The number of hydrogen-bond acceptors (Lipinski definition) is 6. The van der Waals surface area contributed by atoms with Gasteiger partial charge in [-0.1, -0.05) is 5.16 Å². The number of aromatic nitrogens is 2. The Morgan fingerprint density at radius 2 is 2.29 bits per heavy atom. The predicted molar refractivity (Wildman–Crippen MR) is 83.1 cm³/mol. The lowest BCUT2D eigenvalue weighted by atomic mass is 9.98. The molecule has 0 bridgehead atoms. The van der Waals surface area contributed by atoms with E-state index in [2.05, 4.69) is 10.1 Å². The first-order chi connectivity index (χ1) is 11.7. The molecule has 2 atom stereocenters. The highest BCUT2D eigenvalue weighted by Gasteiger charge is 2.47. The van der Waals surface area contributed by atoms with Gasteiger partial charge in [-0.25, -0.2) is 0 Å². The van der Waals surface area contributed by atoms with E-state index in [4.69, 9.17) is 14.0 Å². The van der Waals surface area contributed by atoms with Gasteiger partial charge < -0.3 is 18.9 Å². The molecule has 2 aromatic rings. The van der Waals surface area contributed by atoms with Gasteiger partial charge in [0.2, 0.25) is 0 Å². The van der Waals surface area contributed by atoms with Gasteiger partial charge in [0.05, 0.1) is 43.2 Å². The van der Waals surface area contributed by atoms with Gasteiger partial charge in [0.15, 0.2) is 0 Å². The van der Waals surface area contributed by atoms with Crippen LogP contribution in [-0.2, 0) is 16.1 Å². The van der Waals surface area contributed by atoms with Crippen molar-refractivity contribution in [1.82, 2.24) is 15.0 Å². The SMILES string of the molecule is O=C(c1cnoc1)N1CC[C@]2(C[C@H](OCc3ccncc3)CO2)C1. The van der Waals surface area contributed by atoms with Crippen LogP contribution in [0.25, 0.3) is 0 Å². The Bertz CT molecular complexity index is 691. The number of likely N-dealkylation sites (tertiary alicyclic amines) is 1. The summed E-state index contributed by atoms with van der Waals surface area (Å²) in [5.41, 5.74) is 1.30. The lowest BCUT2D eigenvalue weighted by Crippen LogP contribution is -2.36. The first-order valence-corrected chi connectivity index (χ1v) is 8.07. The minimum absolute atomic E-state index is 0.0575. The minimum Gasteiger partial charge on any atom is -0.371 e. The molecule has 0 unspecified atom stereocenters. The van der Waals surface area contributed by atoms with Gasteiger partial charge >= 0.3 is 0 Å². The van der Waals surface area contributed by atoms with Gasteiger partial charge in [0.1, 0.15) is 6.26 Å². The Labute approximate surface area is 139 Å². The van der Waals surface area contributed by atoms with Gasteiger partial charge in [-0.3, -0.25) is 9.78 Å². The van der Waals surface area contributed by atoms with Crippen LogP contribution in [-0.4, -0.2) is 52.3 Å². The third-order valence-corrected chi connectivity index (χ3v) is 4.69. The molecule has 0 aliphatic carbocycles. The number of carbonyl (C=O) groups is 1. The topological polar surface area (TPSA) is 77.7 Å². The fourth-order valence-corrected chi connectivity index (χ4v) is 3.40. The molecule has 1 amide bonds. The molecule has 0 saturated carbocycles. The van der Waals surface area contributed by atoms with E-state index in [1.54, 1.807) is 17.3 Å². The zero-order valence-corrected chi connectivity index (χ0v) is 13.3. The van der Waals surface area contributed by atoms with Gasteiger partial charge in [0, 0.05) is 25.4 Å². The molecule has 2 fully saturated rings. The molecular weight excluding hydrogens is 310 g/mol. The molecule has 4 rings (SSSR count). The third kappa shape index (κ3) is 3.05. The molecule has 1 spiro atoms. The fourth-order valence-electron chi connectivity index (χ4n) is 3.40. The number of hydrogen-bond donors (Lipinski definition) is 0. The van der Waals surface area contributed by atoms with Crippen LogP contribution in [0.4, 0.5) is 0 Å². The molecule has 2 aliphatic rings. The second-order valence-corrected chi connectivity index (χ2v) is 6.38. The second kappa shape index (κ2) is 6.33. The van der Waals surface area contributed by atoms with Crippen molar-refractivity contribution < 1.29 is 18.8 Å². The normalized spacial score (nSPS) is 26.3. The van der Waals surface area contributed by atoms with Crippen LogP contribution in [0.1, 0.15) is 28.8 Å². The summed E-state index contributed by atoms with van der Waals surface area (Å²) >= 11 is 0. The van der Waals surface area contributed by atoms with Gasteiger partial charge in [-0.2, -0.15) is 0 Å². The highest BCUT2D eigenvalue weighted by atomic mass is 16.6. The molecule has 0 N–H and O–H groups in total. The summed E-state index contributed by atoms with van der Waals surface area (Å²) in [7, 11) is 0. The molecule has 0 radical (unpaired) electrons. The van der Waals surface area contributed by atoms with Crippen LogP contribution in [0, 0.1) is 0 Å². The molecule has 0 aromatic carbocycles. The van der Waals surface area contributed by atoms with Crippen molar-refractivity contribution in [3.8, 4) is 0 Å². The molecule has 2 saturated heterocycles. The van der Waals surface area contributed by atoms with E-state index in [0.29, 0.717) is 31.9 Å². The van der Waals surface area contributed by atoms with Crippen molar-refractivity contribution in [3.05, 3.63) is 48.1 Å². The highest BCUT2D eigenvalue weighted by molar-refractivity contribution is 5.93. The molecule has 7 nitrogen and oxygen atoms in total. The lowest BCUT2D eigenvalue weighted by Gasteiger charge is -2.23. The van der Waals surface area contributed by atoms with Crippen molar-refractivity contribution in [1.29, 1.82) is 0 Å². The van der Waals surface area contributed by atoms with E-state index in [0.717, 1.165) is 18.4 Å². The van der Waals surface area contributed by atoms with E-state index < -0.39 is 0 Å². The molecule has 126 valence electrons. The van der Waals surface area contributed by atoms with E-state index in [-0.39, 0.29) is 17.6 Å². The molecule has 24 heavy (non-hydrogen) atoms. The maximum absolute atomic E-state index is 12.4. The summed E-state index contributed by atoms with van der Waals surface area (Å²) < 4.78 is 16.7. The number of nitrogens with zero attached hydrogens (tertiary/aromatic N) is 3. The maximum atomic E-state index is 12.4. The number of ether oxygens (including phenoxy) is 2. The zero-order valence-electron chi connectivity index (χ0n) is 13.3. The van der Waals surface area contributed by atoms with E-state index in [9.17, 15) is 4.79 Å². The third-order valence-electron chi connectivity index (χ3n) is 4.69.